The average Bonchev–Trinajstić information content (AvgIpc) is 3.78. The van der Waals surface area contributed by atoms with Crippen molar-refractivity contribution in [1.29, 1.82) is 0 Å². The molecule has 0 unspecified atom stereocenters. The molecule has 8 rings (SSSR count). The van der Waals surface area contributed by atoms with Gasteiger partial charge in [-0.2, -0.15) is 0 Å². The van der Waals surface area contributed by atoms with Crippen molar-refractivity contribution in [3.05, 3.63) is 133 Å². The Bertz CT molecular complexity index is 2920. The van der Waals surface area contributed by atoms with Crippen LogP contribution in [0.5, 0.6) is 0 Å². The molecule has 0 atom stereocenters. The highest BCUT2D eigenvalue weighted by atomic mass is 32.2. The number of anilines is 2. The normalized spacial score (nSPS) is 12.0. The van der Waals surface area contributed by atoms with E-state index in [4.69, 9.17) is 0 Å². The van der Waals surface area contributed by atoms with Crippen LogP contribution in [0.25, 0.3) is 56.1 Å². The van der Waals surface area contributed by atoms with E-state index in [9.17, 15) is 25.6 Å². The average molecular weight is 753 g/mol. The first kappa shape index (κ1) is 33.5. The summed E-state index contributed by atoms with van der Waals surface area (Å²) >= 11 is 0. The van der Waals surface area contributed by atoms with Crippen molar-refractivity contribution in [2.24, 2.45) is 0 Å². The van der Waals surface area contributed by atoms with Crippen LogP contribution in [0.3, 0.4) is 0 Å². The number of nitrogens with one attached hydrogen (secondary N) is 4. The fourth-order valence-corrected chi connectivity index (χ4v) is 7.79. The van der Waals surface area contributed by atoms with E-state index < -0.39 is 43.2 Å². The van der Waals surface area contributed by atoms with Gasteiger partial charge in [0, 0.05) is 29.6 Å². The van der Waals surface area contributed by atoms with Gasteiger partial charge in [0.15, 0.2) is 11.6 Å². The van der Waals surface area contributed by atoms with Crippen LogP contribution in [0.2, 0.25) is 0 Å². The molecule has 12 nitrogen and oxygen atoms in total. The molecule has 5 aromatic carbocycles. The van der Waals surface area contributed by atoms with Crippen LogP contribution in [-0.4, -0.2) is 46.7 Å². The number of aromatic nitrogens is 6. The Balaban J connectivity index is 1.01. The van der Waals surface area contributed by atoms with Crippen molar-refractivity contribution in [2.45, 2.75) is 9.79 Å². The number of hydrogen-bond donors (Lipinski definition) is 4. The standard InChI is InChI=1S/C36H23F3N8O4S2/c37-22-8-11-27(26(38)16-22)46-52(48,49)23-9-12-28-31(17-23)44-35(42-28)21-6-4-20(5-7-21)25-2-1-3-30(34(25)39)47-53(50,51)24-10-13-29-32(18-24)45-36(43-29)33-19-40-14-15-41-33/h1-19,46-47H,(H,42,44)(H,43,45). The molecule has 0 aliphatic heterocycles. The number of aromatic amines is 2. The molecule has 53 heavy (non-hydrogen) atoms. The third-order valence-corrected chi connectivity index (χ3v) is 10.9. The van der Waals surface area contributed by atoms with E-state index >= 15 is 4.39 Å². The van der Waals surface area contributed by atoms with Crippen molar-refractivity contribution in [3.8, 4) is 34.0 Å². The minimum absolute atomic E-state index is 0.109. The first-order valence-corrected chi connectivity index (χ1v) is 18.6. The summed E-state index contributed by atoms with van der Waals surface area (Å²) in [7, 11) is -8.45. The Hall–Kier alpha value is -6.59. The summed E-state index contributed by atoms with van der Waals surface area (Å²) in [6.07, 6.45) is 4.56. The number of sulfonamides is 2. The third-order valence-electron chi connectivity index (χ3n) is 8.22. The predicted octanol–water partition coefficient (Wildman–Crippen LogP) is 7.25. The smallest absolute Gasteiger partial charge is 0.262 e. The summed E-state index contributed by atoms with van der Waals surface area (Å²) in [4.78, 5) is 23.0. The molecule has 0 radical (unpaired) electrons. The van der Waals surface area contributed by atoms with E-state index in [0.29, 0.717) is 56.6 Å². The molecule has 3 heterocycles. The molecular formula is C36H23F3N8O4S2. The Morgan fingerprint density at radius 2 is 1.23 bits per heavy atom. The van der Waals surface area contributed by atoms with Crippen LogP contribution < -0.4 is 9.44 Å². The molecular weight excluding hydrogens is 730 g/mol. The first-order valence-electron chi connectivity index (χ1n) is 15.6. The molecule has 0 aliphatic carbocycles. The highest BCUT2D eigenvalue weighted by Gasteiger charge is 2.21. The summed E-state index contributed by atoms with van der Waals surface area (Å²) in [6, 6.07) is 21.9. The van der Waals surface area contributed by atoms with Crippen molar-refractivity contribution < 1.29 is 30.0 Å². The Labute approximate surface area is 298 Å². The lowest BCUT2D eigenvalue weighted by Crippen LogP contribution is -2.14. The van der Waals surface area contributed by atoms with Gasteiger partial charge in [-0.15, -0.1) is 0 Å². The fraction of sp³-hybridized carbons (Fsp3) is 0. The van der Waals surface area contributed by atoms with Crippen LogP contribution in [-0.2, 0) is 20.0 Å². The van der Waals surface area contributed by atoms with Gasteiger partial charge < -0.3 is 9.97 Å². The van der Waals surface area contributed by atoms with Gasteiger partial charge in [-0.1, -0.05) is 36.4 Å². The molecule has 0 amide bonds. The maximum Gasteiger partial charge on any atom is 0.262 e. The lowest BCUT2D eigenvalue weighted by atomic mass is 10.0. The SMILES string of the molecule is O=S(=O)(Nc1ccc(F)cc1F)c1ccc2nc(-c3ccc(-c4cccc(NS(=O)(=O)c5ccc6nc(-c7cnccn7)[nH]c6c5)c4F)cc3)[nH]c2c1. The summed E-state index contributed by atoms with van der Waals surface area (Å²) in [5.41, 5.74) is 2.77. The maximum atomic E-state index is 15.9. The fourth-order valence-electron chi connectivity index (χ4n) is 5.61. The topological polar surface area (TPSA) is 175 Å². The van der Waals surface area contributed by atoms with Crippen molar-refractivity contribution in [2.75, 3.05) is 9.44 Å². The Morgan fingerprint density at radius 3 is 1.87 bits per heavy atom. The number of hydrogen-bond acceptors (Lipinski definition) is 8. The van der Waals surface area contributed by atoms with E-state index in [-0.39, 0.29) is 21.0 Å². The van der Waals surface area contributed by atoms with Gasteiger partial charge in [0.1, 0.15) is 23.2 Å². The number of halogens is 3. The molecule has 8 aromatic rings. The second-order valence-electron chi connectivity index (χ2n) is 11.7. The van der Waals surface area contributed by atoms with Gasteiger partial charge in [0.05, 0.1) is 49.4 Å². The minimum atomic E-state index is -4.23. The van der Waals surface area contributed by atoms with Crippen molar-refractivity contribution in [3.63, 3.8) is 0 Å². The number of nitrogens with zero attached hydrogens (tertiary/aromatic N) is 4. The van der Waals surface area contributed by atoms with Crippen molar-refractivity contribution >= 4 is 53.5 Å². The van der Waals surface area contributed by atoms with Crippen LogP contribution in [0.15, 0.2) is 125 Å². The summed E-state index contributed by atoms with van der Waals surface area (Å²) < 4.78 is 100. The number of fused-ring (bicyclic) bond motifs is 2. The minimum Gasteiger partial charge on any atom is -0.338 e. The first-order chi connectivity index (χ1) is 25.4. The molecule has 0 aliphatic rings. The third kappa shape index (κ3) is 6.54. The molecule has 0 spiro atoms. The highest BCUT2D eigenvalue weighted by Crippen LogP contribution is 2.32. The van der Waals surface area contributed by atoms with E-state index in [1.54, 1.807) is 24.3 Å². The Morgan fingerprint density at radius 1 is 0.604 bits per heavy atom. The van der Waals surface area contributed by atoms with E-state index in [0.717, 1.165) is 12.1 Å². The van der Waals surface area contributed by atoms with Crippen LogP contribution >= 0.6 is 0 Å². The van der Waals surface area contributed by atoms with E-state index in [2.05, 4.69) is 39.3 Å². The lowest BCUT2D eigenvalue weighted by molar-refractivity contribution is 0.583. The summed E-state index contributed by atoms with van der Waals surface area (Å²) in [5.74, 6) is -1.90. The van der Waals surface area contributed by atoms with Crippen molar-refractivity contribution in [1.82, 2.24) is 29.9 Å². The molecule has 3 aromatic heterocycles. The van der Waals surface area contributed by atoms with Crippen LogP contribution in [0.4, 0.5) is 24.5 Å². The van der Waals surface area contributed by atoms with Crippen LogP contribution in [0, 0.1) is 17.5 Å². The largest absolute Gasteiger partial charge is 0.338 e. The van der Waals surface area contributed by atoms with E-state index in [1.165, 1.54) is 73.2 Å². The molecule has 17 heteroatoms. The zero-order valence-electron chi connectivity index (χ0n) is 26.8. The quantitative estimate of drug-likeness (QED) is 0.119. The monoisotopic (exact) mass is 752 g/mol. The molecule has 0 bridgehead atoms. The van der Waals surface area contributed by atoms with Crippen LogP contribution in [0.1, 0.15) is 0 Å². The van der Waals surface area contributed by atoms with E-state index in [1.807, 2.05) is 0 Å². The zero-order chi connectivity index (χ0) is 36.9. The Kier molecular flexibility index (Phi) is 8.15. The maximum absolute atomic E-state index is 15.9. The second kappa shape index (κ2) is 12.9. The number of imidazole rings is 2. The summed E-state index contributed by atoms with van der Waals surface area (Å²) in [6.45, 7) is 0. The molecule has 4 N–H and O–H groups in total. The second-order valence-corrected chi connectivity index (χ2v) is 15.1. The van der Waals surface area contributed by atoms with Gasteiger partial charge in [-0.3, -0.25) is 14.4 Å². The van der Waals surface area contributed by atoms with Gasteiger partial charge in [0.2, 0.25) is 0 Å². The number of H-pyrrole nitrogens is 2. The zero-order valence-corrected chi connectivity index (χ0v) is 28.5. The molecule has 264 valence electrons. The predicted molar refractivity (Wildman–Crippen MR) is 192 cm³/mol. The lowest BCUT2D eigenvalue weighted by Gasteiger charge is -2.12. The van der Waals surface area contributed by atoms with Gasteiger partial charge in [0.25, 0.3) is 20.0 Å². The molecule has 0 fully saturated rings. The van der Waals surface area contributed by atoms with Gasteiger partial charge in [-0.05, 0) is 60.2 Å². The van der Waals surface area contributed by atoms with Gasteiger partial charge in [-0.25, -0.2) is 45.0 Å². The molecule has 0 saturated heterocycles. The summed E-state index contributed by atoms with van der Waals surface area (Å²) in [5, 5.41) is 0. The molecule has 0 saturated carbocycles. The number of rotatable bonds is 9. The van der Waals surface area contributed by atoms with Gasteiger partial charge >= 0.3 is 0 Å². The number of benzene rings is 5. The highest BCUT2D eigenvalue weighted by molar-refractivity contribution is 7.93.